The number of ether oxygens (including phenoxy) is 2. The molecule has 0 radical (unpaired) electrons. The Labute approximate surface area is 185 Å². The maximum atomic E-state index is 4.67. The summed E-state index contributed by atoms with van der Waals surface area (Å²) >= 11 is 3.56. The summed E-state index contributed by atoms with van der Waals surface area (Å²) in [6, 6.07) is 12.2. The molecule has 4 nitrogen and oxygen atoms in total. The first-order valence-electron chi connectivity index (χ1n) is 8.51. The van der Waals surface area contributed by atoms with Gasteiger partial charge in [-0.25, -0.2) is 0 Å². The van der Waals surface area contributed by atoms with Gasteiger partial charge in [-0.2, -0.15) is 0 Å². The Hall–Kier alpha value is 0.0195. The normalized spacial score (nSPS) is 10.4. The van der Waals surface area contributed by atoms with Crippen molar-refractivity contribution < 1.29 is 22.6 Å². The zero-order valence-corrected chi connectivity index (χ0v) is 19.3. The molecule has 0 aromatic carbocycles. The topological polar surface area (TPSA) is 51.4 Å². The first-order chi connectivity index (χ1) is 13.4. The van der Waals surface area contributed by atoms with Crippen molar-refractivity contribution in [1.29, 1.82) is 0 Å². The zero-order valence-electron chi connectivity index (χ0n) is 15.0. The van der Waals surface area contributed by atoms with Crippen molar-refractivity contribution in [2.24, 2.45) is 0 Å². The molecule has 2 heterocycles. The minimum absolute atomic E-state index is 0.757. The Morgan fingerprint density at radius 2 is 1.19 bits per heavy atom. The molecule has 27 heavy (non-hydrogen) atoms. The van der Waals surface area contributed by atoms with Crippen molar-refractivity contribution in [3.8, 4) is 0 Å². The summed E-state index contributed by atoms with van der Waals surface area (Å²) in [5.41, 5.74) is 2.33. The van der Waals surface area contributed by atoms with E-state index in [0.29, 0.717) is 0 Å². The van der Waals surface area contributed by atoms with Crippen LogP contribution in [0.4, 0.5) is 0 Å². The fraction of sp³-hybridized carbons (Fsp3) is 0.444. The first kappa shape index (κ1) is 25.1. The SMILES string of the molecule is [Cl][Cu][Cl].c1ccc(C[SH+]CC[OH+]CC[OH+]CC[SH+]Cc2ccccn2)nc1. The minimum atomic E-state index is 0.757. The average molecular weight is 503 g/mol. The molecule has 0 saturated carbocycles. The minimum Gasteiger partial charge on any atom is -0.425 e. The first-order valence-corrected chi connectivity index (χ1v) is 13.6. The number of hydrogen-bond donors (Lipinski definition) is 0. The summed E-state index contributed by atoms with van der Waals surface area (Å²) in [6.45, 7) is 3.58. The molecule has 2 rings (SSSR count). The fourth-order valence-corrected chi connectivity index (χ4v) is 3.73. The van der Waals surface area contributed by atoms with Crippen LogP contribution in [0.5, 0.6) is 0 Å². The van der Waals surface area contributed by atoms with E-state index in [1.54, 1.807) is 0 Å². The van der Waals surface area contributed by atoms with E-state index in [4.69, 9.17) is 0 Å². The third kappa shape index (κ3) is 15.6. The van der Waals surface area contributed by atoms with Crippen LogP contribution in [0.25, 0.3) is 0 Å². The van der Waals surface area contributed by atoms with Gasteiger partial charge < -0.3 is 9.47 Å². The Morgan fingerprint density at radius 1 is 0.741 bits per heavy atom. The van der Waals surface area contributed by atoms with Crippen molar-refractivity contribution in [1.82, 2.24) is 9.97 Å². The van der Waals surface area contributed by atoms with Gasteiger partial charge in [-0.1, -0.05) is 12.1 Å². The summed E-state index contributed by atoms with van der Waals surface area (Å²) in [4.78, 5) is 8.65. The molecular weight excluding hydrogens is 475 g/mol. The summed E-state index contributed by atoms with van der Waals surface area (Å²) < 4.78 is 9.07. The fourth-order valence-electron chi connectivity index (χ4n) is 2.02. The molecule has 155 valence electrons. The van der Waals surface area contributed by atoms with E-state index in [0.717, 1.165) is 62.6 Å². The van der Waals surface area contributed by atoms with Crippen LogP contribution in [0.15, 0.2) is 48.8 Å². The number of hydrogen-bond acceptors (Lipinski definition) is 2. The predicted octanol–water partition coefficient (Wildman–Crippen LogP) is 2.24. The second-order valence-electron chi connectivity index (χ2n) is 5.24. The van der Waals surface area contributed by atoms with Crippen LogP contribution in [-0.4, -0.2) is 57.4 Å². The quantitative estimate of drug-likeness (QED) is 0.182. The van der Waals surface area contributed by atoms with Crippen molar-refractivity contribution in [3.05, 3.63) is 60.2 Å². The number of aromatic nitrogens is 2. The van der Waals surface area contributed by atoms with Gasteiger partial charge >= 0.3 is 33.3 Å². The molecular formula is C18H28Cl2CuN2O2S2+4. The zero-order chi connectivity index (χ0) is 19.4. The van der Waals surface area contributed by atoms with Gasteiger partial charge in [0.2, 0.25) is 13.2 Å². The van der Waals surface area contributed by atoms with Gasteiger partial charge in [0.15, 0.2) is 24.7 Å². The largest absolute Gasteiger partial charge is 0.425 e. The standard InChI is InChI=1S/C18H24N2O2S2.2ClH.Cu/c1-3-7-19-17(5-1)15-23-13-11-21-9-10-22-12-14-24-16-18-6-2-4-8-20-18;;;/h1-8H,9-16H2;2*1H;/q;;;+2/p+2. The van der Waals surface area contributed by atoms with Gasteiger partial charge in [0, 0.05) is 12.4 Å². The Kier molecular flexibility index (Phi) is 17.9. The second-order valence-corrected chi connectivity index (χ2v) is 9.21. The van der Waals surface area contributed by atoms with Crippen molar-refractivity contribution in [2.45, 2.75) is 11.5 Å². The molecule has 0 aliphatic carbocycles. The van der Waals surface area contributed by atoms with Gasteiger partial charge in [0.1, 0.15) is 11.5 Å². The van der Waals surface area contributed by atoms with Gasteiger partial charge in [0.25, 0.3) is 0 Å². The van der Waals surface area contributed by atoms with E-state index < -0.39 is 0 Å². The number of rotatable bonds is 13. The third-order valence-corrected chi connectivity index (χ3v) is 5.38. The van der Waals surface area contributed by atoms with Crippen LogP contribution in [0.1, 0.15) is 11.4 Å². The Balaban J connectivity index is 0.00000114. The molecule has 0 amide bonds. The summed E-state index contributed by atoms with van der Waals surface area (Å²) in [5.74, 6) is 4.27. The smallest absolute Gasteiger partial charge is 0.214 e. The van der Waals surface area contributed by atoms with E-state index >= 15 is 0 Å². The van der Waals surface area contributed by atoms with Crippen LogP contribution in [0.2, 0.25) is 0 Å². The van der Waals surface area contributed by atoms with E-state index in [2.05, 4.69) is 51.8 Å². The Bertz CT molecular complexity index is 510. The molecule has 0 fully saturated rings. The van der Waals surface area contributed by atoms with E-state index in [1.165, 1.54) is 34.9 Å². The number of thiol groups is 2. The third-order valence-electron chi connectivity index (χ3n) is 3.25. The number of aliphatic hydroxyl groups is 4. The summed E-state index contributed by atoms with van der Waals surface area (Å²) in [7, 11) is 9.34. The predicted molar refractivity (Wildman–Crippen MR) is 119 cm³/mol. The van der Waals surface area contributed by atoms with E-state index in [-0.39, 0.29) is 0 Å². The van der Waals surface area contributed by atoms with Crippen LogP contribution in [0.3, 0.4) is 0 Å². The van der Waals surface area contributed by atoms with Crippen LogP contribution in [-0.2, 0) is 48.2 Å². The number of nitrogens with zero attached hydrogens (tertiary/aromatic N) is 2. The maximum Gasteiger partial charge on any atom is 0.214 e. The molecule has 0 unspecified atom stereocenters. The van der Waals surface area contributed by atoms with Gasteiger partial charge in [-0.3, -0.25) is 9.97 Å². The number of pyridine rings is 2. The Morgan fingerprint density at radius 3 is 1.56 bits per heavy atom. The van der Waals surface area contributed by atoms with E-state index in [9.17, 15) is 0 Å². The number of halogens is 2. The summed E-state index contributed by atoms with van der Waals surface area (Å²) in [6.07, 6.45) is 3.71. The molecule has 0 aliphatic heterocycles. The average Bonchev–Trinajstić information content (AvgIpc) is 2.71. The van der Waals surface area contributed by atoms with Crippen LogP contribution < -0.4 is 0 Å². The molecule has 0 bridgehead atoms. The molecule has 9 heteroatoms. The molecule has 0 spiro atoms. The second kappa shape index (κ2) is 19.3. The van der Waals surface area contributed by atoms with Crippen molar-refractivity contribution in [2.75, 3.05) is 37.9 Å². The van der Waals surface area contributed by atoms with Crippen LogP contribution >= 0.6 is 20.2 Å². The van der Waals surface area contributed by atoms with Gasteiger partial charge in [-0.05, 0) is 47.8 Å². The monoisotopic (exact) mass is 501 g/mol. The van der Waals surface area contributed by atoms with Crippen LogP contribution in [0, 0.1) is 0 Å². The molecule has 2 N–H and O–H groups in total. The molecule has 0 atom stereocenters. The molecule has 2 aromatic rings. The van der Waals surface area contributed by atoms with Gasteiger partial charge in [0.05, 0.1) is 11.4 Å². The molecule has 2 aromatic heterocycles. The van der Waals surface area contributed by atoms with Crippen molar-refractivity contribution in [3.63, 3.8) is 0 Å². The van der Waals surface area contributed by atoms with Gasteiger partial charge in [-0.15, -0.1) is 0 Å². The van der Waals surface area contributed by atoms with Crippen molar-refractivity contribution >= 4 is 43.7 Å². The molecule has 0 saturated heterocycles. The summed E-state index contributed by atoms with van der Waals surface area (Å²) in [5, 5.41) is 0. The maximum absolute atomic E-state index is 4.67. The molecule has 0 aliphatic rings. The van der Waals surface area contributed by atoms with E-state index in [1.807, 2.05) is 36.7 Å².